The van der Waals surface area contributed by atoms with Crippen LogP contribution in [0.2, 0.25) is 0 Å². The van der Waals surface area contributed by atoms with Crippen LogP contribution in [0, 0.1) is 0 Å². The van der Waals surface area contributed by atoms with E-state index in [0.29, 0.717) is 6.42 Å². The fourth-order valence-electron chi connectivity index (χ4n) is 2.54. The molecular weight excluding hydrogens is 240 g/mol. The molecule has 1 aliphatic heterocycles. The van der Waals surface area contributed by atoms with E-state index in [1.165, 1.54) is 0 Å². The number of anilines is 1. The van der Waals surface area contributed by atoms with Crippen LogP contribution in [0.3, 0.4) is 0 Å². The average molecular weight is 262 g/mol. The second-order valence-electron chi connectivity index (χ2n) is 4.88. The molecule has 0 radical (unpaired) electrons. The molecule has 1 aliphatic rings. The van der Waals surface area contributed by atoms with E-state index >= 15 is 0 Å². The van der Waals surface area contributed by atoms with E-state index in [-0.39, 0.29) is 18.6 Å². The second kappa shape index (κ2) is 6.68. The average Bonchev–Trinajstić information content (AvgIpc) is 2.43. The molecule has 1 aromatic carbocycles. The Morgan fingerprint density at radius 2 is 2.11 bits per heavy atom. The lowest BCUT2D eigenvalue weighted by Gasteiger charge is -2.32. The van der Waals surface area contributed by atoms with Gasteiger partial charge in [0.15, 0.2) is 0 Å². The third kappa shape index (κ3) is 3.33. The van der Waals surface area contributed by atoms with E-state index in [1.807, 2.05) is 36.1 Å². The lowest BCUT2D eigenvalue weighted by atomic mass is 10.0. The summed E-state index contributed by atoms with van der Waals surface area (Å²) in [6, 6.07) is 7.86. The van der Waals surface area contributed by atoms with Gasteiger partial charge in [-0.25, -0.2) is 0 Å². The molecule has 19 heavy (non-hydrogen) atoms. The van der Waals surface area contributed by atoms with Gasteiger partial charge in [0.1, 0.15) is 0 Å². The fraction of sp³-hybridized carbons (Fsp3) is 0.533. The Morgan fingerprint density at radius 1 is 1.37 bits per heavy atom. The SMILES string of the molecule is CCNC1CCCN(c2ccc(CCO)cc2)C1=O. The maximum absolute atomic E-state index is 12.3. The van der Waals surface area contributed by atoms with Crippen LogP contribution in [-0.2, 0) is 11.2 Å². The van der Waals surface area contributed by atoms with E-state index in [9.17, 15) is 4.79 Å². The quantitative estimate of drug-likeness (QED) is 0.841. The van der Waals surface area contributed by atoms with Crippen molar-refractivity contribution in [2.75, 3.05) is 24.6 Å². The molecule has 4 heteroatoms. The number of benzene rings is 1. The molecule has 1 fully saturated rings. The molecule has 1 heterocycles. The summed E-state index contributed by atoms with van der Waals surface area (Å²) in [6.07, 6.45) is 2.61. The van der Waals surface area contributed by atoms with E-state index < -0.39 is 0 Å². The molecule has 104 valence electrons. The molecule has 1 aromatic rings. The highest BCUT2D eigenvalue weighted by molar-refractivity contribution is 5.97. The summed E-state index contributed by atoms with van der Waals surface area (Å²) in [4.78, 5) is 14.2. The lowest BCUT2D eigenvalue weighted by molar-refractivity contribution is -0.121. The molecule has 1 unspecified atom stereocenters. The molecule has 4 nitrogen and oxygen atoms in total. The topological polar surface area (TPSA) is 52.6 Å². The largest absolute Gasteiger partial charge is 0.396 e. The van der Waals surface area contributed by atoms with Gasteiger partial charge in [0, 0.05) is 18.8 Å². The van der Waals surface area contributed by atoms with Gasteiger partial charge < -0.3 is 15.3 Å². The van der Waals surface area contributed by atoms with Crippen LogP contribution in [0.25, 0.3) is 0 Å². The molecule has 0 bridgehead atoms. The predicted molar refractivity (Wildman–Crippen MR) is 76.3 cm³/mol. The number of rotatable bonds is 5. The third-order valence-corrected chi connectivity index (χ3v) is 3.54. The van der Waals surface area contributed by atoms with Gasteiger partial charge in [-0.05, 0) is 43.5 Å². The van der Waals surface area contributed by atoms with E-state index in [0.717, 1.165) is 37.2 Å². The Kier molecular flexibility index (Phi) is 4.93. The first-order valence-corrected chi connectivity index (χ1v) is 7.00. The molecule has 0 aliphatic carbocycles. The maximum atomic E-state index is 12.3. The van der Waals surface area contributed by atoms with Crippen LogP contribution in [0.5, 0.6) is 0 Å². The van der Waals surface area contributed by atoms with E-state index in [4.69, 9.17) is 5.11 Å². The van der Waals surface area contributed by atoms with Gasteiger partial charge in [0.2, 0.25) is 5.91 Å². The summed E-state index contributed by atoms with van der Waals surface area (Å²) in [5.41, 5.74) is 2.05. The number of nitrogens with zero attached hydrogens (tertiary/aromatic N) is 1. The highest BCUT2D eigenvalue weighted by Crippen LogP contribution is 2.21. The van der Waals surface area contributed by atoms with Gasteiger partial charge in [-0.15, -0.1) is 0 Å². The van der Waals surface area contributed by atoms with Crippen molar-refractivity contribution in [3.63, 3.8) is 0 Å². The zero-order chi connectivity index (χ0) is 13.7. The number of carbonyl (C=O) groups is 1. The molecule has 1 atom stereocenters. The molecule has 2 rings (SSSR count). The van der Waals surface area contributed by atoms with Crippen LogP contribution >= 0.6 is 0 Å². The van der Waals surface area contributed by atoms with Crippen molar-refractivity contribution in [3.05, 3.63) is 29.8 Å². The van der Waals surface area contributed by atoms with Gasteiger partial charge in [-0.1, -0.05) is 19.1 Å². The first-order valence-electron chi connectivity index (χ1n) is 7.00. The molecule has 2 N–H and O–H groups in total. The van der Waals surface area contributed by atoms with Crippen LogP contribution in [-0.4, -0.2) is 36.8 Å². The number of nitrogens with one attached hydrogen (secondary N) is 1. The Morgan fingerprint density at radius 3 is 2.74 bits per heavy atom. The summed E-state index contributed by atoms with van der Waals surface area (Å²) in [5, 5.41) is 12.1. The molecule has 0 saturated carbocycles. The van der Waals surface area contributed by atoms with Crippen LogP contribution < -0.4 is 10.2 Å². The monoisotopic (exact) mass is 262 g/mol. The number of likely N-dealkylation sites (N-methyl/N-ethyl adjacent to an activating group) is 1. The van der Waals surface area contributed by atoms with Gasteiger partial charge in [0.05, 0.1) is 6.04 Å². The van der Waals surface area contributed by atoms with Gasteiger partial charge >= 0.3 is 0 Å². The van der Waals surface area contributed by atoms with E-state index in [1.54, 1.807) is 0 Å². The minimum absolute atomic E-state index is 0.0455. The van der Waals surface area contributed by atoms with Gasteiger partial charge in [-0.3, -0.25) is 4.79 Å². The first kappa shape index (κ1) is 14.0. The van der Waals surface area contributed by atoms with Crippen molar-refractivity contribution in [1.82, 2.24) is 5.32 Å². The van der Waals surface area contributed by atoms with Crippen LogP contribution in [0.15, 0.2) is 24.3 Å². The molecule has 0 spiro atoms. The highest BCUT2D eigenvalue weighted by Gasteiger charge is 2.28. The smallest absolute Gasteiger partial charge is 0.244 e. The number of hydrogen-bond acceptors (Lipinski definition) is 3. The standard InChI is InChI=1S/C15H22N2O2/c1-2-16-14-4-3-10-17(15(14)19)13-7-5-12(6-8-13)9-11-18/h5-8,14,16,18H,2-4,9-11H2,1H3. The molecule has 0 aromatic heterocycles. The fourth-order valence-corrected chi connectivity index (χ4v) is 2.54. The third-order valence-electron chi connectivity index (χ3n) is 3.54. The second-order valence-corrected chi connectivity index (χ2v) is 4.88. The van der Waals surface area contributed by atoms with Crippen LogP contribution in [0.1, 0.15) is 25.3 Å². The summed E-state index contributed by atoms with van der Waals surface area (Å²) in [5.74, 6) is 0.169. The van der Waals surface area contributed by atoms with Gasteiger partial charge in [0.25, 0.3) is 0 Å². The Hall–Kier alpha value is -1.39. The summed E-state index contributed by atoms with van der Waals surface area (Å²) in [7, 11) is 0. The normalized spacial score (nSPS) is 19.8. The molecule has 1 amide bonds. The number of aliphatic hydroxyl groups is 1. The Balaban J connectivity index is 2.09. The summed E-state index contributed by atoms with van der Waals surface area (Å²) in [6.45, 7) is 3.79. The highest BCUT2D eigenvalue weighted by atomic mass is 16.3. The lowest BCUT2D eigenvalue weighted by Crippen LogP contribution is -2.50. The van der Waals surface area contributed by atoms with Crippen molar-refractivity contribution in [3.8, 4) is 0 Å². The van der Waals surface area contributed by atoms with Crippen molar-refractivity contribution in [1.29, 1.82) is 0 Å². The predicted octanol–water partition coefficient (Wildman–Crippen LogP) is 1.33. The number of piperidine rings is 1. The summed E-state index contributed by atoms with van der Waals surface area (Å²) >= 11 is 0. The Bertz CT molecular complexity index is 415. The zero-order valence-corrected chi connectivity index (χ0v) is 11.4. The van der Waals surface area contributed by atoms with Crippen LogP contribution in [0.4, 0.5) is 5.69 Å². The van der Waals surface area contributed by atoms with Crippen molar-refractivity contribution >= 4 is 11.6 Å². The van der Waals surface area contributed by atoms with E-state index in [2.05, 4.69) is 5.32 Å². The number of hydrogen-bond donors (Lipinski definition) is 2. The molecule has 1 saturated heterocycles. The zero-order valence-electron chi connectivity index (χ0n) is 11.4. The van der Waals surface area contributed by atoms with Crippen molar-refractivity contribution in [2.24, 2.45) is 0 Å². The Labute approximate surface area is 114 Å². The van der Waals surface area contributed by atoms with Crippen molar-refractivity contribution in [2.45, 2.75) is 32.2 Å². The van der Waals surface area contributed by atoms with Crippen molar-refractivity contribution < 1.29 is 9.90 Å². The maximum Gasteiger partial charge on any atom is 0.244 e. The minimum Gasteiger partial charge on any atom is -0.396 e. The van der Waals surface area contributed by atoms with Gasteiger partial charge in [-0.2, -0.15) is 0 Å². The molecular formula is C15H22N2O2. The minimum atomic E-state index is -0.0455. The number of carbonyl (C=O) groups excluding carboxylic acids is 1. The number of amides is 1. The number of aliphatic hydroxyl groups excluding tert-OH is 1. The first-order chi connectivity index (χ1) is 9.26. The summed E-state index contributed by atoms with van der Waals surface area (Å²) < 4.78 is 0.